The predicted octanol–water partition coefficient (Wildman–Crippen LogP) is 4.17. The number of benzene rings is 2. The molecule has 2 aromatic carbocycles. The van der Waals surface area contributed by atoms with Crippen LogP contribution >= 0.6 is 22.9 Å². The molecular weight excluding hydrogens is 334 g/mol. The molecule has 0 aliphatic carbocycles. The first-order valence-electron chi connectivity index (χ1n) is 6.77. The lowest BCUT2D eigenvalue weighted by Crippen LogP contribution is -2.12. The number of carbonyl (C=O) groups excluding carboxylic acids is 1. The van der Waals surface area contributed by atoms with Crippen molar-refractivity contribution in [2.24, 2.45) is 0 Å². The molecule has 0 atom stereocenters. The van der Waals surface area contributed by atoms with Crippen LogP contribution in [0.3, 0.4) is 0 Å². The summed E-state index contributed by atoms with van der Waals surface area (Å²) in [5.41, 5.74) is 0.897. The zero-order chi connectivity index (χ0) is 16.1. The van der Waals surface area contributed by atoms with E-state index in [0.717, 1.165) is 17.1 Å². The highest BCUT2D eigenvalue weighted by Gasteiger charge is 2.09. The lowest BCUT2D eigenvalue weighted by Gasteiger charge is -2.05. The molecule has 0 radical (unpaired) electrons. The molecule has 0 unspecified atom stereocenters. The lowest BCUT2D eigenvalue weighted by atomic mass is 10.2. The molecule has 3 aromatic rings. The number of halogens is 1. The molecule has 0 bridgehead atoms. The van der Waals surface area contributed by atoms with Crippen molar-refractivity contribution < 1.29 is 9.53 Å². The van der Waals surface area contributed by atoms with Gasteiger partial charge in [0.25, 0.3) is 0 Å². The number of rotatable bonds is 5. The van der Waals surface area contributed by atoms with Crippen LogP contribution in [0.5, 0.6) is 11.5 Å². The third-order valence-corrected chi connectivity index (χ3v) is 4.00. The Bertz CT molecular complexity index is 791. The minimum absolute atomic E-state index is 0.111. The summed E-state index contributed by atoms with van der Waals surface area (Å²) >= 11 is 6.73. The molecule has 1 N–H and O–H groups in total. The normalized spacial score (nSPS) is 10.3. The van der Waals surface area contributed by atoms with Gasteiger partial charge in [-0.3, -0.25) is 10.1 Å². The van der Waals surface area contributed by atoms with Crippen molar-refractivity contribution in [3.05, 3.63) is 54.6 Å². The maximum absolute atomic E-state index is 11.2. The minimum atomic E-state index is -0.305. The number of nitrogens with zero attached hydrogens (tertiary/aromatic N) is 2. The van der Waals surface area contributed by atoms with E-state index >= 15 is 0 Å². The summed E-state index contributed by atoms with van der Waals surface area (Å²) in [4.78, 5) is 11.2. The number of anilines is 1. The average Bonchev–Trinajstić information content (AvgIpc) is 3.05. The van der Waals surface area contributed by atoms with Gasteiger partial charge in [0, 0.05) is 5.56 Å². The number of para-hydroxylation sites is 1. The van der Waals surface area contributed by atoms with Crippen LogP contribution in [0.4, 0.5) is 5.13 Å². The molecule has 5 nitrogen and oxygen atoms in total. The van der Waals surface area contributed by atoms with E-state index in [0.29, 0.717) is 10.1 Å². The summed E-state index contributed by atoms with van der Waals surface area (Å²) in [6.07, 6.45) is 0. The third kappa shape index (κ3) is 4.06. The summed E-state index contributed by atoms with van der Waals surface area (Å²) in [6.45, 7) is 0. The highest BCUT2D eigenvalue weighted by molar-refractivity contribution is 7.18. The Morgan fingerprint density at radius 1 is 1.04 bits per heavy atom. The van der Waals surface area contributed by atoms with E-state index < -0.39 is 0 Å². The molecule has 0 aliphatic rings. The van der Waals surface area contributed by atoms with E-state index in [1.807, 2.05) is 54.6 Å². The quantitative estimate of drug-likeness (QED) is 0.705. The highest BCUT2D eigenvalue weighted by atomic mass is 35.5. The Labute approximate surface area is 141 Å². The number of nitrogens with one attached hydrogen (secondary N) is 1. The molecule has 116 valence electrons. The zero-order valence-corrected chi connectivity index (χ0v) is 13.5. The van der Waals surface area contributed by atoms with Gasteiger partial charge in [-0.05, 0) is 36.4 Å². The fraction of sp³-hybridized carbons (Fsp3) is 0.0625. The van der Waals surface area contributed by atoms with Crippen molar-refractivity contribution in [1.82, 2.24) is 10.2 Å². The maximum atomic E-state index is 11.2. The van der Waals surface area contributed by atoms with Gasteiger partial charge in [-0.15, -0.1) is 21.8 Å². The van der Waals surface area contributed by atoms with E-state index in [1.165, 1.54) is 11.3 Å². The molecule has 3 rings (SSSR count). The van der Waals surface area contributed by atoms with Gasteiger partial charge < -0.3 is 4.74 Å². The highest BCUT2D eigenvalue weighted by Crippen LogP contribution is 2.29. The van der Waals surface area contributed by atoms with Crippen LogP contribution in [0, 0.1) is 0 Å². The van der Waals surface area contributed by atoms with E-state index in [9.17, 15) is 4.79 Å². The topological polar surface area (TPSA) is 64.1 Å². The number of alkyl halides is 1. The molecule has 0 spiro atoms. The molecular formula is C16H12ClN3O2S. The molecule has 1 heterocycles. The predicted molar refractivity (Wildman–Crippen MR) is 91.2 cm³/mol. The second kappa shape index (κ2) is 7.21. The van der Waals surface area contributed by atoms with E-state index in [-0.39, 0.29) is 11.8 Å². The second-order valence-electron chi connectivity index (χ2n) is 4.53. The summed E-state index contributed by atoms with van der Waals surface area (Å²) < 4.78 is 5.74. The van der Waals surface area contributed by atoms with Crippen molar-refractivity contribution in [1.29, 1.82) is 0 Å². The first-order chi connectivity index (χ1) is 11.2. The zero-order valence-electron chi connectivity index (χ0n) is 11.9. The Hall–Kier alpha value is -2.44. The van der Waals surface area contributed by atoms with Crippen molar-refractivity contribution in [2.75, 3.05) is 11.2 Å². The molecule has 1 aromatic heterocycles. The van der Waals surface area contributed by atoms with Crippen molar-refractivity contribution in [2.45, 2.75) is 0 Å². The Balaban J connectivity index is 1.71. The molecule has 0 saturated heterocycles. The Morgan fingerprint density at radius 3 is 2.43 bits per heavy atom. The standard InChI is InChI=1S/C16H12ClN3O2S/c17-10-14(21)18-16-20-19-15(23-16)11-6-8-13(9-7-11)22-12-4-2-1-3-5-12/h1-9H,10H2,(H,18,20,21). The van der Waals surface area contributed by atoms with Crippen molar-refractivity contribution in [3.63, 3.8) is 0 Å². The fourth-order valence-corrected chi connectivity index (χ4v) is 2.67. The van der Waals surface area contributed by atoms with Gasteiger partial charge in [-0.1, -0.05) is 29.5 Å². The van der Waals surface area contributed by atoms with Crippen LogP contribution in [0.1, 0.15) is 0 Å². The molecule has 0 aliphatic heterocycles. The SMILES string of the molecule is O=C(CCl)Nc1nnc(-c2ccc(Oc3ccccc3)cc2)s1. The van der Waals surface area contributed by atoms with Gasteiger partial charge in [-0.2, -0.15) is 0 Å². The van der Waals surface area contributed by atoms with Crippen LogP contribution in [0.25, 0.3) is 10.6 Å². The lowest BCUT2D eigenvalue weighted by molar-refractivity contribution is -0.113. The third-order valence-electron chi connectivity index (χ3n) is 2.87. The van der Waals surface area contributed by atoms with Crippen molar-refractivity contribution in [3.8, 4) is 22.1 Å². The number of ether oxygens (including phenoxy) is 1. The molecule has 7 heteroatoms. The van der Waals surface area contributed by atoms with E-state index in [2.05, 4.69) is 15.5 Å². The Morgan fingerprint density at radius 2 is 1.74 bits per heavy atom. The number of hydrogen-bond acceptors (Lipinski definition) is 5. The monoisotopic (exact) mass is 345 g/mol. The van der Waals surface area contributed by atoms with Gasteiger partial charge in [0.1, 0.15) is 22.4 Å². The summed E-state index contributed by atoms with van der Waals surface area (Å²) in [7, 11) is 0. The molecule has 1 amide bonds. The van der Waals surface area contributed by atoms with Gasteiger partial charge in [-0.25, -0.2) is 0 Å². The average molecular weight is 346 g/mol. The van der Waals surface area contributed by atoms with E-state index in [4.69, 9.17) is 16.3 Å². The summed E-state index contributed by atoms with van der Waals surface area (Å²) in [5.74, 6) is 1.10. The number of aromatic nitrogens is 2. The maximum Gasteiger partial charge on any atom is 0.241 e. The van der Waals surface area contributed by atoms with Crippen LogP contribution in [0.15, 0.2) is 54.6 Å². The molecule has 0 saturated carbocycles. The van der Waals surface area contributed by atoms with Gasteiger partial charge in [0.2, 0.25) is 11.0 Å². The van der Waals surface area contributed by atoms with E-state index in [1.54, 1.807) is 0 Å². The summed E-state index contributed by atoms with van der Waals surface area (Å²) in [6, 6.07) is 17.1. The van der Waals surface area contributed by atoms with Gasteiger partial charge >= 0.3 is 0 Å². The first-order valence-corrected chi connectivity index (χ1v) is 8.12. The van der Waals surface area contributed by atoms with Gasteiger partial charge in [0.15, 0.2) is 0 Å². The second-order valence-corrected chi connectivity index (χ2v) is 5.78. The Kier molecular flexibility index (Phi) is 4.85. The van der Waals surface area contributed by atoms with Crippen LogP contribution in [-0.2, 0) is 4.79 Å². The smallest absolute Gasteiger partial charge is 0.241 e. The van der Waals surface area contributed by atoms with Gasteiger partial charge in [0.05, 0.1) is 0 Å². The molecule has 0 fully saturated rings. The number of hydrogen-bond donors (Lipinski definition) is 1. The molecule has 23 heavy (non-hydrogen) atoms. The van der Waals surface area contributed by atoms with Crippen LogP contribution in [0.2, 0.25) is 0 Å². The minimum Gasteiger partial charge on any atom is -0.457 e. The summed E-state index contributed by atoms with van der Waals surface area (Å²) in [5, 5.41) is 11.7. The fourth-order valence-electron chi connectivity index (χ4n) is 1.83. The van der Waals surface area contributed by atoms with Crippen LogP contribution in [-0.4, -0.2) is 22.0 Å². The first kappa shape index (κ1) is 15.5. The van der Waals surface area contributed by atoms with Crippen LogP contribution < -0.4 is 10.1 Å². The number of carbonyl (C=O) groups is 1. The van der Waals surface area contributed by atoms with Crippen molar-refractivity contribution >= 4 is 34.0 Å². The largest absolute Gasteiger partial charge is 0.457 e. The number of amides is 1.